The molecule has 3 aromatic rings. The van der Waals surface area contributed by atoms with Crippen molar-refractivity contribution in [1.29, 1.82) is 0 Å². The monoisotopic (exact) mass is 491 g/mol. The van der Waals surface area contributed by atoms with Crippen molar-refractivity contribution in [3.8, 4) is 0 Å². The lowest BCUT2D eigenvalue weighted by Gasteiger charge is -2.29. The Morgan fingerprint density at radius 2 is 1.83 bits per heavy atom. The molecular formula is C28H33N3O3S. The molecule has 1 aliphatic rings. The second-order valence-electron chi connectivity index (χ2n) is 9.06. The van der Waals surface area contributed by atoms with Crippen LogP contribution in [0.2, 0.25) is 0 Å². The fourth-order valence-electron chi connectivity index (χ4n) is 4.24. The lowest BCUT2D eigenvalue weighted by atomic mass is 10.2. The zero-order valence-electron chi connectivity index (χ0n) is 20.4. The van der Waals surface area contributed by atoms with Gasteiger partial charge in [-0.25, -0.2) is 4.79 Å². The molecule has 1 fully saturated rings. The minimum absolute atomic E-state index is 0.00526. The fraction of sp³-hybridized carbons (Fsp3) is 0.357. The molecule has 2 heterocycles. The van der Waals surface area contributed by atoms with Crippen LogP contribution in [0.3, 0.4) is 0 Å². The number of ether oxygens (including phenoxy) is 1. The van der Waals surface area contributed by atoms with E-state index in [0.29, 0.717) is 26.2 Å². The van der Waals surface area contributed by atoms with Gasteiger partial charge in [-0.2, -0.15) is 0 Å². The second-order valence-corrected chi connectivity index (χ2v) is 10.4. The largest absolute Gasteiger partial charge is 0.376 e. The number of thiophene rings is 1. The number of urea groups is 1. The highest BCUT2D eigenvalue weighted by Crippen LogP contribution is 2.20. The number of nitrogens with one attached hydrogen (secondary N) is 1. The summed E-state index contributed by atoms with van der Waals surface area (Å²) in [5.74, 6) is -0.0858. The minimum Gasteiger partial charge on any atom is -0.376 e. The van der Waals surface area contributed by atoms with Gasteiger partial charge in [-0.15, -0.1) is 11.3 Å². The molecule has 0 unspecified atom stereocenters. The van der Waals surface area contributed by atoms with Gasteiger partial charge in [0.2, 0.25) is 5.91 Å². The van der Waals surface area contributed by atoms with E-state index >= 15 is 0 Å². The lowest BCUT2D eigenvalue weighted by molar-refractivity contribution is -0.133. The van der Waals surface area contributed by atoms with Crippen LogP contribution in [-0.4, -0.2) is 47.5 Å². The number of benzene rings is 2. The molecule has 1 N–H and O–H groups in total. The van der Waals surface area contributed by atoms with Crippen LogP contribution >= 0.6 is 11.3 Å². The number of carbonyl (C=O) groups is 2. The van der Waals surface area contributed by atoms with E-state index in [1.165, 1.54) is 4.88 Å². The summed E-state index contributed by atoms with van der Waals surface area (Å²) >= 11 is 1.69. The van der Waals surface area contributed by atoms with E-state index in [-0.39, 0.29) is 24.6 Å². The maximum atomic E-state index is 13.6. The highest BCUT2D eigenvalue weighted by molar-refractivity contribution is 7.11. The van der Waals surface area contributed by atoms with E-state index in [9.17, 15) is 9.59 Å². The van der Waals surface area contributed by atoms with E-state index in [2.05, 4.69) is 24.4 Å². The molecule has 6 nitrogen and oxygen atoms in total. The van der Waals surface area contributed by atoms with Crippen LogP contribution in [0.25, 0.3) is 0 Å². The molecule has 0 saturated carbocycles. The third-order valence-electron chi connectivity index (χ3n) is 6.04. The van der Waals surface area contributed by atoms with Gasteiger partial charge in [-0.3, -0.25) is 4.79 Å². The second kappa shape index (κ2) is 12.0. The first-order valence-electron chi connectivity index (χ1n) is 12.1. The van der Waals surface area contributed by atoms with Gasteiger partial charge >= 0.3 is 6.03 Å². The molecule has 1 saturated heterocycles. The molecule has 35 heavy (non-hydrogen) atoms. The van der Waals surface area contributed by atoms with Crippen LogP contribution in [0.4, 0.5) is 10.5 Å². The van der Waals surface area contributed by atoms with Crippen molar-refractivity contribution >= 4 is 29.0 Å². The zero-order chi connectivity index (χ0) is 24.6. The molecule has 0 radical (unpaired) electrons. The summed E-state index contributed by atoms with van der Waals surface area (Å²) < 4.78 is 5.79. The molecule has 4 rings (SSSR count). The molecule has 7 heteroatoms. The van der Waals surface area contributed by atoms with Gasteiger partial charge in [0, 0.05) is 35.1 Å². The Labute approximate surface area is 211 Å². The molecule has 1 atom stereocenters. The van der Waals surface area contributed by atoms with Gasteiger partial charge in [-0.1, -0.05) is 42.5 Å². The fourth-order valence-corrected chi connectivity index (χ4v) is 5.14. The molecule has 0 aliphatic carbocycles. The third kappa shape index (κ3) is 7.41. The van der Waals surface area contributed by atoms with E-state index in [4.69, 9.17) is 4.74 Å². The van der Waals surface area contributed by atoms with Crippen molar-refractivity contribution in [2.45, 2.75) is 45.9 Å². The Morgan fingerprint density at radius 3 is 2.51 bits per heavy atom. The Kier molecular flexibility index (Phi) is 8.55. The number of aryl methyl sites for hydroxylation is 2. The van der Waals surface area contributed by atoms with Gasteiger partial charge in [0.05, 0.1) is 12.6 Å². The molecule has 3 amide bonds. The van der Waals surface area contributed by atoms with E-state index < -0.39 is 0 Å². The van der Waals surface area contributed by atoms with Crippen LogP contribution in [0.15, 0.2) is 66.7 Å². The maximum absolute atomic E-state index is 13.6. The van der Waals surface area contributed by atoms with E-state index in [0.717, 1.165) is 34.5 Å². The number of amides is 3. The third-order valence-corrected chi connectivity index (χ3v) is 7.03. The van der Waals surface area contributed by atoms with Crippen molar-refractivity contribution in [2.75, 3.05) is 25.0 Å². The van der Waals surface area contributed by atoms with Gasteiger partial charge in [0.1, 0.15) is 6.54 Å². The molecule has 184 valence electrons. The first kappa shape index (κ1) is 24.9. The summed E-state index contributed by atoms with van der Waals surface area (Å²) in [6.07, 6.45) is 1.82. The van der Waals surface area contributed by atoms with Crippen molar-refractivity contribution in [1.82, 2.24) is 9.80 Å². The average molecular weight is 492 g/mol. The van der Waals surface area contributed by atoms with Gasteiger partial charge in [-0.05, 0) is 62.1 Å². The van der Waals surface area contributed by atoms with E-state index in [1.807, 2.05) is 66.4 Å². The van der Waals surface area contributed by atoms with E-state index in [1.54, 1.807) is 16.2 Å². The van der Waals surface area contributed by atoms with Crippen LogP contribution in [0, 0.1) is 13.8 Å². The predicted molar refractivity (Wildman–Crippen MR) is 140 cm³/mol. The Morgan fingerprint density at radius 1 is 1.00 bits per heavy atom. The normalized spacial score (nSPS) is 15.1. The van der Waals surface area contributed by atoms with Gasteiger partial charge in [0.15, 0.2) is 0 Å². The quantitative estimate of drug-likeness (QED) is 0.423. The molecular weight excluding hydrogens is 458 g/mol. The molecule has 1 aromatic heterocycles. The maximum Gasteiger partial charge on any atom is 0.322 e. The van der Waals surface area contributed by atoms with Crippen LogP contribution in [-0.2, 0) is 22.6 Å². The summed E-state index contributed by atoms with van der Waals surface area (Å²) in [7, 11) is 0. The van der Waals surface area contributed by atoms with Crippen LogP contribution in [0.1, 0.15) is 33.7 Å². The predicted octanol–water partition coefficient (Wildman–Crippen LogP) is 5.61. The smallest absolute Gasteiger partial charge is 0.322 e. The lowest BCUT2D eigenvalue weighted by Crippen LogP contribution is -2.46. The first-order valence-corrected chi connectivity index (χ1v) is 12.9. The van der Waals surface area contributed by atoms with Crippen LogP contribution < -0.4 is 5.32 Å². The minimum atomic E-state index is -0.286. The highest BCUT2D eigenvalue weighted by Gasteiger charge is 2.27. The molecule has 2 aromatic carbocycles. The van der Waals surface area contributed by atoms with Crippen LogP contribution in [0.5, 0.6) is 0 Å². The summed E-state index contributed by atoms with van der Waals surface area (Å²) in [6, 6.07) is 21.5. The van der Waals surface area contributed by atoms with Crippen molar-refractivity contribution in [3.63, 3.8) is 0 Å². The first-order chi connectivity index (χ1) is 17.0. The Bertz CT molecular complexity index is 1130. The zero-order valence-corrected chi connectivity index (χ0v) is 21.2. The number of rotatable bonds is 9. The van der Waals surface area contributed by atoms with Gasteiger partial charge < -0.3 is 19.9 Å². The average Bonchev–Trinajstić information content (AvgIpc) is 3.50. The van der Waals surface area contributed by atoms with Crippen molar-refractivity contribution in [3.05, 3.63) is 87.6 Å². The Balaban J connectivity index is 1.51. The molecule has 0 bridgehead atoms. The summed E-state index contributed by atoms with van der Waals surface area (Å²) in [5.41, 5.74) is 2.84. The number of nitrogens with zero attached hydrogens (tertiary/aromatic N) is 2. The Hall–Kier alpha value is -3.16. The SMILES string of the molecule is Cc1cccc(NC(=O)N(CC(=O)N(Cc2ccccc2)Cc2ccc(C)s2)C[C@@H]2CCCO2)c1. The number of hydrogen-bond donors (Lipinski definition) is 1. The van der Waals surface area contributed by atoms with Crippen molar-refractivity contribution < 1.29 is 14.3 Å². The molecule has 1 aliphatic heterocycles. The number of carbonyl (C=O) groups excluding carboxylic acids is 2. The summed E-state index contributed by atoms with van der Waals surface area (Å²) in [5, 5.41) is 2.97. The topological polar surface area (TPSA) is 61.9 Å². The molecule has 0 spiro atoms. The number of hydrogen-bond acceptors (Lipinski definition) is 4. The summed E-state index contributed by atoms with van der Waals surface area (Å²) in [6.45, 7) is 6.14. The van der Waals surface area contributed by atoms with Crippen molar-refractivity contribution in [2.24, 2.45) is 0 Å². The van der Waals surface area contributed by atoms with Gasteiger partial charge in [0.25, 0.3) is 0 Å². The highest BCUT2D eigenvalue weighted by atomic mass is 32.1. The standard InChI is InChI=1S/C28H33N3O3S/c1-21-8-6-11-24(16-21)29-28(33)31(18-25-12-7-15-34-25)20-27(32)30(17-23-9-4-3-5-10-23)19-26-14-13-22(2)35-26/h3-6,8-11,13-14,16,25H,7,12,15,17-20H2,1-2H3,(H,29,33)/t25-/m0/s1. The summed E-state index contributed by atoms with van der Waals surface area (Å²) in [4.78, 5) is 32.7. The number of anilines is 1.